The Kier molecular flexibility index (Phi) is 3.57. The fourth-order valence-corrected chi connectivity index (χ4v) is 1.82. The van der Waals surface area contributed by atoms with Crippen LogP contribution in [0.4, 0.5) is 0 Å². The number of hydrogen-bond donors (Lipinski definition) is 1. The van der Waals surface area contributed by atoms with E-state index in [1.54, 1.807) is 0 Å². The van der Waals surface area contributed by atoms with E-state index >= 15 is 0 Å². The average Bonchev–Trinajstić information content (AvgIpc) is 2.85. The standard InChI is InChI=1S/C11H22O/c1-3-8-11(12,4-2)9-7-10-5-6-10/h10,12H,3-9H2,1-2H3. The van der Waals surface area contributed by atoms with Gasteiger partial charge in [0.05, 0.1) is 5.60 Å². The minimum atomic E-state index is -0.336. The van der Waals surface area contributed by atoms with E-state index in [2.05, 4.69) is 13.8 Å². The first-order valence-electron chi connectivity index (χ1n) is 5.42. The van der Waals surface area contributed by atoms with Gasteiger partial charge in [0, 0.05) is 0 Å². The van der Waals surface area contributed by atoms with Gasteiger partial charge in [-0.2, -0.15) is 0 Å². The molecule has 1 aliphatic carbocycles. The Morgan fingerprint density at radius 2 is 1.92 bits per heavy atom. The fourth-order valence-electron chi connectivity index (χ4n) is 1.82. The molecule has 0 aromatic heterocycles. The van der Waals surface area contributed by atoms with Gasteiger partial charge in [0.15, 0.2) is 0 Å². The van der Waals surface area contributed by atoms with Gasteiger partial charge in [0.2, 0.25) is 0 Å². The molecule has 1 N–H and O–H groups in total. The molecule has 0 amide bonds. The van der Waals surface area contributed by atoms with Crippen LogP contribution in [0.15, 0.2) is 0 Å². The van der Waals surface area contributed by atoms with E-state index < -0.39 is 0 Å². The molecule has 1 nitrogen and oxygen atoms in total. The summed E-state index contributed by atoms with van der Waals surface area (Å²) in [6.45, 7) is 4.25. The average molecular weight is 170 g/mol. The molecule has 1 heteroatoms. The molecule has 0 aliphatic heterocycles. The molecular formula is C11H22O. The highest BCUT2D eigenvalue weighted by Gasteiger charge is 2.28. The zero-order valence-corrected chi connectivity index (χ0v) is 8.47. The normalized spacial score (nSPS) is 22.2. The predicted molar refractivity (Wildman–Crippen MR) is 52.1 cm³/mol. The van der Waals surface area contributed by atoms with Gasteiger partial charge < -0.3 is 5.11 Å². The highest BCUT2D eigenvalue weighted by molar-refractivity contribution is 4.81. The lowest BCUT2D eigenvalue weighted by Gasteiger charge is -2.26. The summed E-state index contributed by atoms with van der Waals surface area (Å²) in [6.07, 6.45) is 8.11. The third-order valence-electron chi connectivity index (χ3n) is 3.09. The topological polar surface area (TPSA) is 20.2 Å². The van der Waals surface area contributed by atoms with Crippen molar-refractivity contribution in [2.45, 2.75) is 64.4 Å². The SMILES string of the molecule is CCCC(O)(CC)CCC1CC1. The summed E-state index contributed by atoms with van der Waals surface area (Å²) in [6, 6.07) is 0. The molecule has 0 radical (unpaired) electrons. The zero-order chi connectivity index (χ0) is 9.03. The molecule has 1 rings (SSSR count). The maximum atomic E-state index is 10.1. The van der Waals surface area contributed by atoms with Gasteiger partial charge in [0.25, 0.3) is 0 Å². The summed E-state index contributed by atoms with van der Waals surface area (Å²) in [5, 5.41) is 10.1. The van der Waals surface area contributed by atoms with E-state index in [1.807, 2.05) is 0 Å². The van der Waals surface area contributed by atoms with Gasteiger partial charge >= 0.3 is 0 Å². The molecular weight excluding hydrogens is 148 g/mol. The summed E-state index contributed by atoms with van der Waals surface area (Å²) >= 11 is 0. The van der Waals surface area contributed by atoms with Crippen molar-refractivity contribution < 1.29 is 5.11 Å². The van der Waals surface area contributed by atoms with Gasteiger partial charge in [-0.1, -0.05) is 33.1 Å². The van der Waals surface area contributed by atoms with Gasteiger partial charge in [-0.15, -0.1) is 0 Å². The molecule has 0 saturated heterocycles. The molecule has 1 unspecified atom stereocenters. The Bertz CT molecular complexity index is 129. The van der Waals surface area contributed by atoms with Gasteiger partial charge in [-0.3, -0.25) is 0 Å². The first kappa shape index (κ1) is 10.0. The molecule has 1 saturated carbocycles. The predicted octanol–water partition coefficient (Wildman–Crippen LogP) is 3.12. The molecule has 0 heterocycles. The van der Waals surface area contributed by atoms with Gasteiger partial charge in [0.1, 0.15) is 0 Å². The minimum absolute atomic E-state index is 0.336. The maximum absolute atomic E-state index is 10.1. The Balaban J connectivity index is 2.20. The van der Waals surface area contributed by atoms with Crippen LogP contribution >= 0.6 is 0 Å². The summed E-state index contributed by atoms with van der Waals surface area (Å²) in [5.74, 6) is 0.958. The van der Waals surface area contributed by atoms with Crippen LogP contribution in [0.1, 0.15) is 58.8 Å². The van der Waals surface area contributed by atoms with E-state index in [4.69, 9.17) is 0 Å². The summed E-state index contributed by atoms with van der Waals surface area (Å²) in [5.41, 5.74) is -0.336. The molecule has 0 aromatic carbocycles. The van der Waals surface area contributed by atoms with Crippen molar-refractivity contribution in [1.82, 2.24) is 0 Å². The van der Waals surface area contributed by atoms with Crippen LogP contribution in [0.2, 0.25) is 0 Å². The van der Waals surface area contributed by atoms with Crippen LogP contribution in [-0.4, -0.2) is 10.7 Å². The van der Waals surface area contributed by atoms with Crippen molar-refractivity contribution in [2.75, 3.05) is 0 Å². The first-order valence-corrected chi connectivity index (χ1v) is 5.42. The largest absolute Gasteiger partial charge is 0.390 e. The van der Waals surface area contributed by atoms with E-state index in [9.17, 15) is 5.11 Å². The maximum Gasteiger partial charge on any atom is 0.0645 e. The molecule has 1 aliphatic rings. The lowest BCUT2D eigenvalue weighted by Crippen LogP contribution is -2.27. The molecule has 0 spiro atoms. The van der Waals surface area contributed by atoms with Crippen LogP contribution in [0.25, 0.3) is 0 Å². The van der Waals surface area contributed by atoms with Gasteiger partial charge in [-0.25, -0.2) is 0 Å². The second kappa shape index (κ2) is 4.27. The zero-order valence-electron chi connectivity index (χ0n) is 8.47. The summed E-state index contributed by atoms with van der Waals surface area (Å²) in [7, 11) is 0. The minimum Gasteiger partial charge on any atom is -0.390 e. The Hall–Kier alpha value is -0.0400. The van der Waals surface area contributed by atoms with Crippen molar-refractivity contribution in [1.29, 1.82) is 0 Å². The van der Waals surface area contributed by atoms with E-state index in [-0.39, 0.29) is 5.60 Å². The molecule has 1 atom stereocenters. The van der Waals surface area contributed by atoms with Crippen molar-refractivity contribution >= 4 is 0 Å². The molecule has 0 bridgehead atoms. The van der Waals surface area contributed by atoms with Crippen LogP contribution in [0.5, 0.6) is 0 Å². The monoisotopic (exact) mass is 170 g/mol. The van der Waals surface area contributed by atoms with Gasteiger partial charge in [-0.05, 0) is 31.6 Å². The Morgan fingerprint density at radius 1 is 1.25 bits per heavy atom. The van der Waals surface area contributed by atoms with Crippen molar-refractivity contribution in [3.05, 3.63) is 0 Å². The third kappa shape index (κ3) is 3.14. The van der Waals surface area contributed by atoms with E-state index in [1.165, 1.54) is 19.3 Å². The highest BCUT2D eigenvalue weighted by atomic mass is 16.3. The van der Waals surface area contributed by atoms with Crippen molar-refractivity contribution in [3.63, 3.8) is 0 Å². The smallest absolute Gasteiger partial charge is 0.0645 e. The van der Waals surface area contributed by atoms with E-state index in [0.29, 0.717) is 0 Å². The third-order valence-corrected chi connectivity index (χ3v) is 3.09. The molecule has 12 heavy (non-hydrogen) atoms. The number of hydrogen-bond acceptors (Lipinski definition) is 1. The van der Waals surface area contributed by atoms with Crippen LogP contribution in [0, 0.1) is 5.92 Å². The Labute approximate surface area is 76.2 Å². The van der Waals surface area contributed by atoms with Crippen LogP contribution in [-0.2, 0) is 0 Å². The quantitative estimate of drug-likeness (QED) is 0.649. The second-order valence-electron chi connectivity index (χ2n) is 4.31. The summed E-state index contributed by atoms with van der Waals surface area (Å²) < 4.78 is 0. The molecule has 1 fully saturated rings. The highest BCUT2D eigenvalue weighted by Crippen LogP contribution is 2.36. The number of rotatable bonds is 6. The number of aliphatic hydroxyl groups is 1. The summed E-state index contributed by atoms with van der Waals surface area (Å²) in [4.78, 5) is 0. The first-order chi connectivity index (χ1) is 5.70. The lowest BCUT2D eigenvalue weighted by atomic mass is 9.89. The lowest BCUT2D eigenvalue weighted by molar-refractivity contribution is 0.0150. The Morgan fingerprint density at radius 3 is 2.33 bits per heavy atom. The molecule has 72 valence electrons. The van der Waals surface area contributed by atoms with E-state index in [0.717, 1.165) is 31.6 Å². The van der Waals surface area contributed by atoms with Crippen molar-refractivity contribution in [2.24, 2.45) is 5.92 Å². The fraction of sp³-hybridized carbons (Fsp3) is 1.00. The van der Waals surface area contributed by atoms with Crippen LogP contribution in [0.3, 0.4) is 0 Å². The van der Waals surface area contributed by atoms with Crippen molar-refractivity contribution in [3.8, 4) is 0 Å². The molecule has 0 aromatic rings. The second-order valence-corrected chi connectivity index (χ2v) is 4.31. The van der Waals surface area contributed by atoms with Crippen LogP contribution < -0.4 is 0 Å².